The molecule has 1 unspecified atom stereocenters. The van der Waals surface area contributed by atoms with Gasteiger partial charge < -0.3 is 9.72 Å². The number of nitrogens with one attached hydrogen (secondary N) is 1. The van der Waals surface area contributed by atoms with Crippen LogP contribution in [0.3, 0.4) is 0 Å². The molecule has 1 amide bonds. The molecule has 108 valence electrons. The molecule has 1 atom stereocenters. The molecule has 2 aromatic rings. The van der Waals surface area contributed by atoms with Gasteiger partial charge in [0.1, 0.15) is 5.75 Å². The third-order valence-corrected chi connectivity index (χ3v) is 3.54. The van der Waals surface area contributed by atoms with Gasteiger partial charge in [0.25, 0.3) is 0 Å². The lowest BCUT2D eigenvalue weighted by Gasteiger charge is -2.12. The maximum Gasteiger partial charge on any atom is 0.229 e. The van der Waals surface area contributed by atoms with Crippen LogP contribution in [0.1, 0.15) is 6.42 Å². The summed E-state index contributed by atoms with van der Waals surface area (Å²) in [6.07, 6.45) is 0.374. The zero-order valence-electron chi connectivity index (χ0n) is 11.5. The van der Waals surface area contributed by atoms with Crippen LogP contribution in [-0.2, 0) is 4.79 Å². The maximum absolute atomic E-state index is 12.1. The van der Waals surface area contributed by atoms with E-state index in [9.17, 15) is 4.79 Å². The number of carbonyl (C=O) groups excluding carboxylic acids is 1. The molecular weight excluding hydrogens is 272 g/mol. The Morgan fingerprint density at radius 3 is 3.24 bits per heavy atom. The number of imidazole rings is 1. The maximum atomic E-state index is 12.1. The number of aromatic amines is 1. The normalized spacial score (nSPS) is 18.0. The molecule has 3 rings (SSSR count). The molecule has 8 nitrogen and oxygen atoms in total. The van der Waals surface area contributed by atoms with Crippen molar-refractivity contribution < 1.29 is 9.53 Å². The molecule has 0 bridgehead atoms. The van der Waals surface area contributed by atoms with Crippen molar-refractivity contribution in [1.29, 1.82) is 0 Å². The van der Waals surface area contributed by atoms with Crippen molar-refractivity contribution in [3.05, 3.63) is 28.6 Å². The van der Waals surface area contributed by atoms with E-state index in [-0.39, 0.29) is 11.8 Å². The first-order valence-electron chi connectivity index (χ1n) is 6.56. The van der Waals surface area contributed by atoms with Crippen LogP contribution in [0.5, 0.6) is 5.75 Å². The first-order valence-corrected chi connectivity index (χ1v) is 6.56. The minimum atomic E-state index is -0.0147. The fraction of sp³-hybridized carbons (Fsp3) is 0.385. The van der Waals surface area contributed by atoms with Gasteiger partial charge in [-0.1, -0.05) is 5.11 Å². The summed E-state index contributed by atoms with van der Waals surface area (Å²) in [7, 11) is 1.60. The van der Waals surface area contributed by atoms with E-state index in [0.717, 1.165) is 16.8 Å². The van der Waals surface area contributed by atoms with E-state index in [0.29, 0.717) is 25.5 Å². The second-order valence-corrected chi connectivity index (χ2v) is 4.93. The SMILES string of the molecule is COc1ccc2nc(N3CC(CN=[N+]=[N-])CC3=O)[nH]c2c1. The Morgan fingerprint density at radius 1 is 1.62 bits per heavy atom. The zero-order valence-corrected chi connectivity index (χ0v) is 11.5. The average Bonchev–Trinajstić information content (AvgIpc) is 3.07. The van der Waals surface area contributed by atoms with Crippen molar-refractivity contribution in [2.24, 2.45) is 11.0 Å². The van der Waals surface area contributed by atoms with E-state index in [1.807, 2.05) is 18.2 Å². The van der Waals surface area contributed by atoms with Crippen LogP contribution in [0.4, 0.5) is 5.95 Å². The molecule has 1 fully saturated rings. The fourth-order valence-corrected chi connectivity index (χ4v) is 2.49. The second kappa shape index (κ2) is 5.34. The number of H-pyrrole nitrogens is 1. The minimum Gasteiger partial charge on any atom is -0.497 e. The highest BCUT2D eigenvalue weighted by Crippen LogP contribution is 2.26. The number of methoxy groups -OCH3 is 1. The molecule has 1 aliphatic heterocycles. The van der Waals surface area contributed by atoms with Gasteiger partial charge in [-0.15, -0.1) is 0 Å². The van der Waals surface area contributed by atoms with Gasteiger partial charge in [-0.05, 0) is 23.6 Å². The van der Waals surface area contributed by atoms with Gasteiger partial charge in [0, 0.05) is 30.5 Å². The van der Waals surface area contributed by atoms with Crippen LogP contribution in [0.25, 0.3) is 21.5 Å². The average molecular weight is 286 g/mol. The summed E-state index contributed by atoms with van der Waals surface area (Å²) in [6, 6.07) is 5.50. The Kier molecular flexibility index (Phi) is 3.37. The highest BCUT2D eigenvalue weighted by molar-refractivity contribution is 5.95. The summed E-state index contributed by atoms with van der Waals surface area (Å²) in [5.74, 6) is 1.27. The summed E-state index contributed by atoms with van der Waals surface area (Å²) in [6.45, 7) is 0.835. The molecule has 0 aliphatic carbocycles. The van der Waals surface area contributed by atoms with Gasteiger partial charge in [0.15, 0.2) is 0 Å². The number of rotatable bonds is 4. The van der Waals surface area contributed by atoms with Crippen LogP contribution in [-0.4, -0.2) is 36.1 Å². The number of aromatic nitrogens is 2. The van der Waals surface area contributed by atoms with E-state index in [4.69, 9.17) is 10.3 Å². The van der Waals surface area contributed by atoms with E-state index < -0.39 is 0 Å². The predicted molar refractivity (Wildman–Crippen MR) is 77.1 cm³/mol. The Morgan fingerprint density at radius 2 is 2.48 bits per heavy atom. The van der Waals surface area contributed by atoms with E-state index in [1.54, 1.807) is 12.0 Å². The number of anilines is 1. The van der Waals surface area contributed by atoms with E-state index in [1.165, 1.54) is 0 Å². The number of azide groups is 1. The summed E-state index contributed by atoms with van der Waals surface area (Å²) in [5, 5.41) is 3.54. The first kappa shape index (κ1) is 13.3. The molecule has 0 saturated carbocycles. The number of fused-ring (bicyclic) bond motifs is 1. The monoisotopic (exact) mass is 286 g/mol. The lowest BCUT2D eigenvalue weighted by atomic mass is 10.1. The number of benzene rings is 1. The highest BCUT2D eigenvalue weighted by Gasteiger charge is 2.31. The molecular formula is C13H14N6O2. The van der Waals surface area contributed by atoms with Crippen molar-refractivity contribution in [2.45, 2.75) is 6.42 Å². The Labute approximate surface area is 120 Å². The van der Waals surface area contributed by atoms with Gasteiger partial charge in [-0.3, -0.25) is 9.69 Å². The van der Waals surface area contributed by atoms with Gasteiger partial charge in [0.2, 0.25) is 11.9 Å². The molecule has 8 heteroatoms. The van der Waals surface area contributed by atoms with Crippen molar-refractivity contribution in [2.75, 3.05) is 25.1 Å². The van der Waals surface area contributed by atoms with Crippen molar-refractivity contribution in [1.82, 2.24) is 9.97 Å². The van der Waals surface area contributed by atoms with Gasteiger partial charge >= 0.3 is 0 Å². The second-order valence-electron chi connectivity index (χ2n) is 4.93. The smallest absolute Gasteiger partial charge is 0.229 e. The fourth-order valence-electron chi connectivity index (χ4n) is 2.49. The van der Waals surface area contributed by atoms with Crippen molar-refractivity contribution in [3.63, 3.8) is 0 Å². The number of amides is 1. The van der Waals surface area contributed by atoms with Gasteiger partial charge in [-0.25, -0.2) is 4.98 Å². The van der Waals surface area contributed by atoms with Crippen molar-refractivity contribution in [3.8, 4) is 5.75 Å². The van der Waals surface area contributed by atoms with Gasteiger partial charge in [0.05, 0.1) is 18.1 Å². The number of nitrogens with zero attached hydrogens (tertiary/aromatic N) is 5. The summed E-state index contributed by atoms with van der Waals surface area (Å²) < 4.78 is 5.16. The van der Waals surface area contributed by atoms with Crippen LogP contribution < -0.4 is 9.64 Å². The molecule has 1 aliphatic rings. The standard InChI is InChI=1S/C13H14N6O2/c1-21-9-2-3-10-11(5-9)17-13(16-10)19-7-8(4-12(19)20)6-15-18-14/h2-3,5,8H,4,6-7H2,1H3,(H,16,17). The molecule has 1 N–H and O–H groups in total. The number of carbonyl (C=O) groups is 1. The largest absolute Gasteiger partial charge is 0.497 e. The van der Waals surface area contributed by atoms with Crippen LogP contribution in [0.2, 0.25) is 0 Å². The molecule has 1 aromatic carbocycles. The quantitative estimate of drug-likeness (QED) is 0.529. The third kappa shape index (κ3) is 2.48. The topological polar surface area (TPSA) is 107 Å². The lowest BCUT2D eigenvalue weighted by molar-refractivity contribution is -0.117. The molecule has 0 radical (unpaired) electrons. The van der Waals surface area contributed by atoms with Gasteiger partial charge in [-0.2, -0.15) is 0 Å². The number of hydrogen-bond acceptors (Lipinski definition) is 4. The lowest BCUT2D eigenvalue weighted by Crippen LogP contribution is -2.25. The summed E-state index contributed by atoms with van der Waals surface area (Å²) >= 11 is 0. The Hall–Kier alpha value is -2.73. The molecule has 1 aromatic heterocycles. The van der Waals surface area contributed by atoms with E-state index >= 15 is 0 Å². The van der Waals surface area contributed by atoms with Crippen LogP contribution in [0.15, 0.2) is 23.3 Å². The molecule has 2 heterocycles. The summed E-state index contributed by atoms with van der Waals surface area (Å²) in [4.78, 5) is 23.9. The molecule has 1 saturated heterocycles. The Bertz CT molecular complexity index is 733. The highest BCUT2D eigenvalue weighted by atomic mass is 16.5. The van der Waals surface area contributed by atoms with Crippen LogP contribution >= 0.6 is 0 Å². The Balaban J connectivity index is 1.86. The minimum absolute atomic E-state index is 0.0147. The molecule has 21 heavy (non-hydrogen) atoms. The van der Waals surface area contributed by atoms with Crippen LogP contribution in [0, 0.1) is 5.92 Å². The zero-order chi connectivity index (χ0) is 14.8. The molecule has 0 spiro atoms. The number of hydrogen-bond donors (Lipinski definition) is 1. The first-order chi connectivity index (χ1) is 10.2. The third-order valence-electron chi connectivity index (χ3n) is 3.54. The summed E-state index contributed by atoms with van der Waals surface area (Å²) in [5.41, 5.74) is 9.94. The van der Waals surface area contributed by atoms with E-state index in [2.05, 4.69) is 20.0 Å². The van der Waals surface area contributed by atoms with Crippen molar-refractivity contribution >= 4 is 22.9 Å². The predicted octanol–water partition coefficient (Wildman–Crippen LogP) is 2.23. The number of ether oxygens (including phenoxy) is 1.